The first-order valence-corrected chi connectivity index (χ1v) is 6.85. The number of ether oxygens (including phenoxy) is 2. The van der Waals surface area contributed by atoms with Gasteiger partial charge in [-0.2, -0.15) is 0 Å². The number of hydrogen-bond donors (Lipinski definition) is 1. The molecule has 0 unspecified atom stereocenters. The van der Waals surface area contributed by atoms with Gasteiger partial charge in [-0.3, -0.25) is 14.4 Å². The highest BCUT2D eigenvalue weighted by atomic mass is 16.5. The maximum atomic E-state index is 11.9. The molecule has 0 aliphatic heterocycles. The Kier molecular flexibility index (Phi) is 7.01. The lowest BCUT2D eigenvalue weighted by Gasteiger charge is -2.14. The lowest BCUT2D eigenvalue weighted by Crippen LogP contribution is -2.16. The Morgan fingerprint density at radius 2 is 2.00 bits per heavy atom. The van der Waals surface area contributed by atoms with Crippen LogP contribution in [0, 0.1) is 0 Å². The van der Waals surface area contributed by atoms with Gasteiger partial charge < -0.3 is 14.6 Å². The lowest BCUT2D eigenvalue weighted by atomic mass is 9.91. The van der Waals surface area contributed by atoms with Crippen LogP contribution in [-0.4, -0.2) is 41.5 Å². The van der Waals surface area contributed by atoms with Crippen LogP contribution in [0.1, 0.15) is 37.7 Å². The Morgan fingerprint density at radius 1 is 1.27 bits per heavy atom. The zero-order chi connectivity index (χ0) is 16.5. The highest BCUT2D eigenvalue weighted by Crippen LogP contribution is 2.25. The number of esters is 1. The Bertz CT molecular complexity index is 525. The molecule has 1 aromatic heterocycles. The second kappa shape index (κ2) is 8.76. The SMILES string of the molecule is CCOC(=O)CC(=O)C[C@H](CC(=O)O)c1ccc(OC)nc1. The monoisotopic (exact) mass is 309 g/mol. The summed E-state index contributed by atoms with van der Waals surface area (Å²) >= 11 is 0. The third kappa shape index (κ3) is 5.90. The quantitative estimate of drug-likeness (QED) is 0.545. The first-order valence-electron chi connectivity index (χ1n) is 6.85. The van der Waals surface area contributed by atoms with Crippen molar-refractivity contribution >= 4 is 17.7 Å². The van der Waals surface area contributed by atoms with Crippen LogP contribution in [0.25, 0.3) is 0 Å². The van der Waals surface area contributed by atoms with Gasteiger partial charge in [-0.25, -0.2) is 4.98 Å². The van der Waals surface area contributed by atoms with Crippen LogP contribution < -0.4 is 4.74 Å². The molecule has 22 heavy (non-hydrogen) atoms. The molecule has 1 N–H and O–H groups in total. The third-order valence-electron chi connectivity index (χ3n) is 2.98. The minimum absolute atomic E-state index is 0.0564. The first-order chi connectivity index (χ1) is 10.5. The van der Waals surface area contributed by atoms with Crippen LogP contribution >= 0.6 is 0 Å². The van der Waals surface area contributed by atoms with E-state index in [2.05, 4.69) is 4.98 Å². The van der Waals surface area contributed by atoms with Gasteiger partial charge in [0.05, 0.1) is 20.1 Å². The van der Waals surface area contributed by atoms with Crippen LogP contribution in [0.3, 0.4) is 0 Å². The van der Waals surface area contributed by atoms with Crippen molar-refractivity contribution in [3.63, 3.8) is 0 Å². The number of Topliss-reactive ketones (excluding diaryl/α,β-unsaturated/α-hetero) is 1. The molecule has 0 spiro atoms. The molecule has 0 saturated carbocycles. The van der Waals surface area contributed by atoms with Crippen molar-refractivity contribution in [1.29, 1.82) is 0 Å². The van der Waals surface area contributed by atoms with E-state index in [1.54, 1.807) is 19.1 Å². The Balaban J connectivity index is 2.77. The molecule has 0 aliphatic carbocycles. The molecule has 1 heterocycles. The number of ketones is 1. The predicted octanol–water partition coefficient (Wildman–Crippen LogP) is 1.56. The molecule has 7 nitrogen and oxygen atoms in total. The van der Waals surface area contributed by atoms with Crippen LogP contribution in [0.2, 0.25) is 0 Å². The molecule has 7 heteroatoms. The van der Waals surface area contributed by atoms with Gasteiger partial charge in [-0.15, -0.1) is 0 Å². The summed E-state index contributed by atoms with van der Waals surface area (Å²) in [6, 6.07) is 3.26. The highest BCUT2D eigenvalue weighted by Gasteiger charge is 2.21. The molecule has 0 amide bonds. The van der Waals surface area contributed by atoms with Crippen LogP contribution in [-0.2, 0) is 19.1 Å². The first kappa shape index (κ1) is 17.6. The van der Waals surface area contributed by atoms with Crippen molar-refractivity contribution in [2.24, 2.45) is 0 Å². The molecule has 0 aromatic carbocycles. The molecular weight excluding hydrogens is 290 g/mol. The maximum absolute atomic E-state index is 11.9. The van der Waals surface area contributed by atoms with Gasteiger partial charge in [-0.1, -0.05) is 6.07 Å². The number of hydrogen-bond acceptors (Lipinski definition) is 6. The summed E-state index contributed by atoms with van der Waals surface area (Å²) in [5.74, 6) is -2.13. The number of rotatable bonds is 9. The van der Waals surface area contributed by atoms with Crippen molar-refractivity contribution in [1.82, 2.24) is 4.98 Å². The second-order valence-corrected chi connectivity index (χ2v) is 4.65. The largest absolute Gasteiger partial charge is 0.481 e. The lowest BCUT2D eigenvalue weighted by molar-refractivity contribution is -0.145. The van der Waals surface area contributed by atoms with Crippen molar-refractivity contribution in [3.8, 4) is 5.88 Å². The number of carbonyl (C=O) groups excluding carboxylic acids is 2. The van der Waals surface area contributed by atoms with E-state index in [9.17, 15) is 14.4 Å². The summed E-state index contributed by atoms with van der Waals surface area (Å²) < 4.78 is 9.64. The van der Waals surface area contributed by atoms with E-state index < -0.39 is 17.9 Å². The van der Waals surface area contributed by atoms with E-state index in [0.29, 0.717) is 11.4 Å². The zero-order valence-corrected chi connectivity index (χ0v) is 12.6. The number of carbonyl (C=O) groups is 3. The summed E-state index contributed by atoms with van der Waals surface area (Å²) in [7, 11) is 1.47. The molecule has 0 saturated heterocycles. The Hall–Kier alpha value is -2.44. The molecule has 0 bridgehead atoms. The number of aromatic nitrogens is 1. The van der Waals surface area contributed by atoms with Crippen molar-refractivity contribution in [2.75, 3.05) is 13.7 Å². The van der Waals surface area contributed by atoms with E-state index in [0.717, 1.165) is 0 Å². The summed E-state index contributed by atoms with van der Waals surface area (Å²) in [6.45, 7) is 1.85. The number of methoxy groups -OCH3 is 1. The van der Waals surface area contributed by atoms with E-state index in [1.165, 1.54) is 13.3 Å². The van der Waals surface area contributed by atoms with Crippen LogP contribution in [0.4, 0.5) is 0 Å². The van der Waals surface area contributed by atoms with E-state index in [4.69, 9.17) is 14.6 Å². The number of aliphatic carboxylic acids is 1. The fraction of sp³-hybridized carbons (Fsp3) is 0.467. The molecule has 1 atom stereocenters. The minimum Gasteiger partial charge on any atom is -0.481 e. The Labute approximate surface area is 128 Å². The normalized spacial score (nSPS) is 11.5. The van der Waals surface area contributed by atoms with E-state index in [1.807, 2.05) is 0 Å². The summed E-state index contributed by atoms with van der Waals surface area (Å²) in [5, 5.41) is 8.98. The van der Waals surface area contributed by atoms with Gasteiger partial charge in [0.1, 0.15) is 12.2 Å². The fourth-order valence-electron chi connectivity index (χ4n) is 1.99. The highest BCUT2D eigenvalue weighted by molar-refractivity contribution is 5.96. The molecule has 120 valence electrons. The topological polar surface area (TPSA) is 103 Å². The predicted molar refractivity (Wildman–Crippen MR) is 76.7 cm³/mol. The molecule has 0 radical (unpaired) electrons. The van der Waals surface area contributed by atoms with Gasteiger partial charge in [0.2, 0.25) is 5.88 Å². The molecule has 0 fully saturated rings. The molecule has 1 aromatic rings. The Morgan fingerprint density at radius 3 is 2.50 bits per heavy atom. The number of pyridine rings is 1. The van der Waals surface area contributed by atoms with Gasteiger partial charge in [0.25, 0.3) is 0 Å². The number of carboxylic acid groups (broad SMARTS) is 1. The standard InChI is InChI=1S/C15H19NO6/c1-3-22-15(20)8-12(17)6-11(7-14(18)19)10-4-5-13(21-2)16-9-10/h4-5,9,11H,3,6-8H2,1-2H3,(H,18,19)/t11-/m1/s1. The molecule has 1 rings (SSSR count). The van der Waals surface area contributed by atoms with Crippen molar-refractivity contribution in [3.05, 3.63) is 23.9 Å². The smallest absolute Gasteiger partial charge is 0.313 e. The van der Waals surface area contributed by atoms with Crippen LogP contribution in [0.5, 0.6) is 5.88 Å². The van der Waals surface area contributed by atoms with E-state index in [-0.39, 0.29) is 31.7 Å². The van der Waals surface area contributed by atoms with Crippen molar-refractivity contribution < 1.29 is 29.0 Å². The fourth-order valence-corrected chi connectivity index (χ4v) is 1.99. The van der Waals surface area contributed by atoms with Crippen molar-refractivity contribution in [2.45, 2.75) is 32.1 Å². The summed E-state index contributed by atoms with van der Waals surface area (Å²) in [5.41, 5.74) is 0.611. The van der Waals surface area contributed by atoms with Gasteiger partial charge >= 0.3 is 11.9 Å². The van der Waals surface area contributed by atoms with E-state index >= 15 is 0 Å². The second-order valence-electron chi connectivity index (χ2n) is 4.65. The number of nitrogens with zero attached hydrogens (tertiary/aromatic N) is 1. The zero-order valence-electron chi connectivity index (χ0n) is 12.6. The van der Waals surface area contributed by atoms with Gasteiger partial charge in [0, 0.05) is 24.6 Å². The van der Waals surface area contributed by atoms with Crippen LogP contribution in [0.15, 0.2) is 18.3 Å². The molecule has 0 aliphatic rings. The summed E-state index contributed by atoms with van der Waals surface area (Å²) in [6.07, 6.45) is 0.847. The minimum atomic E-state index is -1.02. The average Bonchev–Trinajstić information content (AvgIpc) is 2.46. The average molecular weight is 309 g/mol. The number of carboxylic acids is 1. The maximum Gasteiger partial charge on any atom is 0.313 e. The van der Waals surface area contributed by atoms with Gasteiger partial charge in [0.15, 0.2) is 0 Å². The van der Waals surface area contributed by atoms with Gasteiger partial charge in [-0.05, 0) is 12.5 Å². The third-order valence-corrected chi connectivity index (χ3v) is 2.98. The molecular formula is C15H19NO6. The summed E-state index contributed by atoms with van der Waals surface area (Å²) in [4.78, 5) is 38.1.